The zero-order valence-corrected chi connectivity index (χ0v) is 19.9. The molecule has 1 amide bonds. The van der Waals surface area contributed by atoms with Crippen molar-refractivity contribution < 1.29 is 14.3 Å². The quantitative estimate of drug-likeness (QED) is 0.350. The Labute approximate surface area is 200 Å². The molecule has 2 aromatic heterocycles. The van der Waals surface area contributed by atoms with Crippen molar-refractivity contribution >= 4 is 16.8 Å². The lowest BCUT2D eigenvalue weighted by Gasteiger charge is -2.21. The number of carbonyl (C=O) groups is 1. The molecular weight excluding hydrogens is 426 g/mol. The van der Waals surface area contributed by atoms with E-state index >= 15 is 0 Å². The molecule has 0 fully saturated rings. The maximum Gasteiger partial charge on any atom is 0.220 e. The maximum absolute atomic E-state index is 13.1. The summed E-state index contributed by atoms with van der Waals surface area (Å²) in [4.78, 5) is 20.9. The third-order valence-corrected chi connectivity index (χ3v) is 6.22. The molecule has 6 heteroatoms. The van der Waals surface area contributed by atoms with E-state index in [1.807, 2.05) is 42.6 Å². The number of pyridine rings is 1. The number of aromatic amines is 1. The fraction of sp³-hybridized carbons (Fsp3) is 0.286. The van der Waals surface area contributed by atoms with Crippen LogP contribution in [0.25, 0.3) is 10.9 Å². The van der Waals surface area contributed by atoms with E-state index in [1.54, 1.807) is 20.4 Å². The summed E-state index contributed by atoms with van der Waals surface area (Å²) in [6.45, 7) is 2.68. The lowest BCUT2D eigenvalue weighted by atomic mass is 9.86. The molecule has 0 spiro atoms. The largest absolute Gasteiger partial charge is 0.493 e. The van der Waals surface area contributed by atoms with Crippen molar-refractivity contribution in [3.8, 4) is 11.5 Å². The summed E-state index contributed by atoms with van der Waals surface area (Å²) >= 11 is 0. The second-order valence-corrected chi connectivity index (χ2v) is 8.20. The Balaban J connectivity index is 1.66. The topological polar surface area (TPSA) is 76.2 Å². The number of carbonyl (C=O) groups excluding carboxylic acids is 1. The first-order chi connectivity index (χ1) is 16.7. The minimum absolute atomic E-state index is 0.0215. The van der Waals surface area contributed by atoms with Crippen LogP contribution in [-0.2, 0) is 17.6 Å². The van der Waals surface area contributed by atoms with Crippen LogP contribution in [0.4, 0.5) is 0 Å². The van der Waals surface area contributed by atoms with Crippen molar-refractivity contribution in [1.82, 2.24) is 15.3 Å². The second kappa shape index (κ2) is 10.9. The summed E-state index contributed by atoms with van der Waals surface area (Å²) in [7, 11) is 3.26. The number of amides is 1. The Hall–Kier alpha value is -3.80. The lowest BCUT2D eigenvalue weighted by Crippen LogP contribution is -2.27. The number of rotatable bonds is 10. The van der Waals surface area contributed by atoms with Gasteiger partial charge in [0.1, 0.15) is 0 Å². The first-order valence-electron chi connectivity index (χ1n) is 11.6. The van der Waals surface area contributed by atoms with Crippen molar-refractivity contribution in [3.05, 3.63) is 89.4 Å². The number of benzene rings is 2. The molecule has 0 aliphatic heterocycles. The van der Waals surface area contributed by atoms with E-state index in [0.717, 1.165) is 34.1 Å². The molecular formula is C28H31N3O3. The van der Waals surface area contributed by atoms with Gasteiger partial charge in [0.05, 0.1) is 14.2 Å². The van der Waals surface area contributed by atoms with Crippen LogP contribution >= 0.6 is 0 Å². The average molecular weight is 458 g/mol. The molecule has 2 heterocycles. The standard InChI is InChI=1S/C28H31N3O3/c1-4-19-9-7-11-21-24(18-31-27(19)21)23(22-12-8-13-25(33-2)28(22)34-3)17-26(32)30-16-14-20-10-5-6-15-29-20/h5-13,15,18,23,31H,4,14,16-17H2,1-3H3,(H,30,32)/t23-/m1/s1. The number of hydrogen-bond acceptors (Lipinski definition) is 4. The Morgan fingerprint density at radius 1 is 1.03 bits per heavy atom. The summed E-state index contributed by atoms with van der Waals surface area (Å²) < 4.78 is 11.3. The normalized spacial score (nSPS) is 11.9. The van der Waals surface area contributed by atoms with Gasteiger partial charge >= 0.3 is 0 Å². The molecule has 34 heavy (non-hydrogen) atoms. The highest BCUT2D eigenvalue weighted by Gasteiger charge is 2.26. The minimum Gasteiger partial charge on any atom is -0.493 e. The van der Waals surface area contributed by atoms with Gasteiger partial charge in [-0.05, 0) is 35.7 Å². The summed E-state index contributed by atoms with van der Waals surface area (Å²) in [5.74, 6) is 1.07. The third kappa shape index (κ3) is 4.91. The number of nitrogens with one attached hydrogen (secondary N) is 2. The first kappa shape index (κ1) is 23.4. The highest BCUT2D eigenvalue weighted by molar-refractivity contribution is 5.88. The van der Waals surface area contributed by atoms with Gasteiger partial charge in [0.15, 0.2) is 11.5 Å². The Bertz CT molecular complexity index is 1250. The number of methoxy groups -OCH3 is 2. The molecule has 0 unspecified atom stereocenters. The number of hydrogen-bond donors (Lipinski definition) is 2. The molecule has 4 aromatic rings. The molecule has 0 aliphatic rings. The van der Waals surface area contributed by atoms with Gasteiger partial charge in [0, 0.05) is 59.9 Å². The van der Waals surface area contributed by atoms with E-state index < -0.39 is 0 Å². The van der Waals surface area contributed by atoms with Gasteiger partial charge in [-0.2, -0.15) is 0 Å². The van der Waals surface area contributed by atoms with Crippen LogP contribution in [0.5, 0.6) is 11.5 Å². The Kier molecular flexibility index (Phi) is 7.48. The third-order valence-electron chi connectivity index (χ3n) is 6.22. The van der Waals surface area contributed by atoms with Gasteiger partial charge in [0.25, 0.3) is 0 Å². The molecule has 2 N–H and O–H groups in total. The Morgan fingerprint density at radius 3 is 2.62 bits per heavy atom. The number of ether oxygens (including phenoxy) is 2. The van der Waals surface area contributed by atoms with Crippen molar-refractivity contribution in [2.75, 3.05) is 20.8 Å². The maximum atomic E-state index is 13.1. The predicted octanol–water partition coefficient (Wildman–Crippen LogP) is 5.02. The van der Waals surface area contributed by atoms with Crippen molar-refractivity contribution in [2.24, 2.45) is 0 Å². The van der Waals surface area contributed by atoms with Gasteiger partial charge in [-0.3, -0.25) is 9.78 Å². The molecule has 0 aliphatic carbocycles. The van der Waals surface area contributed by atoms with Gasteiger partial charge in [-0.1, -0.05) is 43.3 Å². The van der Waals surface area contributed by atoms with Crippen LogP contribution < -0.4 is 14.8 Å². The fourth-order valence-corrected chi connectivity index (χ4v) is 4.53. The zero-order valence-electron chi connectivity index (χ0n) is 19.9. The van der Waals surface area contributed by atoms with Crippen LogP contribution in [0.15, 0.2) is 67.0 Å². The number of para-hydroxylation sites is 2. The van der Waals surface area contributed by atoms with E-state index in [0.29, 0.717) is 24.5 Å². The van der Waals surface area contributed by atoms with Crippen molar-refractivity contribution in [3.63, 3.8) is 0 Å². The predicted molar refractivity (Wildman–Crippen MR) is 135 cm³/mol. The number of H-pyrrole nitrogens is 1. The molecule has 176 valence electrons. The van der Waals surface area contributed by atoms with E-state index in [9.17, 15) is 4.79 Å². The number of fused-ring (bicyclic) bond motifs is 1. The summed E-state index contributed by atoms with van der Waals surface area (Å²) in [5.41, 5.74) is 5.31. The molecule has 2 aromatic carbocycles. The van der Waals surface area contributed by atoms with Crippen LogP contribution in [0.1, 0.15) is 41.6 Å². The second-order valence-electron chi connectivity index (χ2n) is 8.20. The Morgan fingerprint density at radius 2 is 1.88 bits per heavy atom. The fourth-order valence-electron chi connectivity index (χ4n) is 4.53. The smallest absolute Gasteiger partial charge is 0.220 e. The molecule has 1 atom stereocenters. The number of nitrogens with zero attached hydrogens (tertiary/aromatic N) is 1. The van der Waals surface area contributed by atoms with Gasteiger partial charge < -0.3 is 19.8 Å². The first-order valence-corrected chi connectivity index (χ1v) is 11.6. The lowest BCUT2D eigenvalue weighted by molar-refractivity contribution is -0.121. The van der Waals surface area contributed by atoms with Crippen LogP contribution in [0.3, 0.4) is 0 Å². The summed E-state index contributed by atoms with van der Waals surface area (Å²) in [5, 5.41) is 4.19. The molecule has 0 saturated heterocycles. The van der Waals surface area contributed by atoms with E-state index in [2.05, 4.69) is 40.4 Å². The molecule has 0 radical (unpaired) electrons. The highest BCUT2D eigenvalue weighted by atomic mass is 16.5. The molecule has 0 saturated carbocycles. The van der Waals surface area contributed by atoms with Crippen molar-refractivity contribution in [1.29, 1.82) is 0 Å². The van der Waals surface area contributed by atoms with Gasteiger partial charge in [0.2, 0.25) is 5.91 Å². The minimum atomic E-state index is -0.208. The van der Waals surface area contributed by atoms with Crippen LogP contribution in [0, 0.1) is 0 Å². The van der Waals surface area contributed by atoms with E-state index in [1.165, 1.54) is 5.56 Å². The van der Waals surface area contributed by atoms with Crippen LogP contribution in [0.2, 0.25) is 0 Å². The number of aromatic nitrogens is 2. The van der Waals surface area contributed by atoms with Gasteiger partial charge in [-0.25, -0.2) is 0 Å². The average Bonchev–Trinajstić information content (AvgIpc) is 3.31. The van der Waals surface area contributed by atoms with Crippen LogP contribution in [-0.4, -0.2) is 36.6 Å². The highest BCUT2D eigenvalue weighted by Crippen LogP contribution is 2.42. The number of aryl methyl sites for hydroxylation is 1. The molecule has 4 rings (SSSR count). The van der Waals surface area contributed by atoms with E-state index in [-0.39, 0.29) is 18.2 Å². The van der Waals surface area contributed by atoms with Gasteiger partial charge in [-0.15, -0.1) is 0 Å². The summed E-state index contributed by atoms with van der Waals surface area (Å²) in [6, 6.07) is 17.9. The van der Waals surface area contributed by atoms with E-state index in [4.69, 9.17) is 9.47 Å². The SMILES string of the molecule is CCc1cccc2c([C@H](CC(=O)NCCc3ccccn3)c3cccc(OC)c3OC)c[nH]c12. The molecule has 0 bridgehead atoms. The monoisotopic (exact) mass is 457 g/mol. The summed E-state index contributed by atoms with van der Waals surface area (Å²) in [6.07, 6.45) is 5.69. The molecule has 6 nitrogen and oxygen atoms in total. The zero-order chi connectivity index (χ0) is 23.9. The van der Waals surface area contributed by atoms with Crippen molar-refractivity contribution in [2.45, 2.75) is 32.1 Å².